The van der Waals surface area contributed by atoms with Crippen molar-refractivity contribution in [2.75, 3.05) is 11.4 Å². The minimum atomic E-state index is 0.0932. The average molecular weight is 279 g/mol. The lowest BCUT2D eigenvalue weighted by Gasteiger charge is -2.23. The van der Waals surface area contributed by atoms with Crippen LogP contribution in [-0.4, -0.2) is 12.5 Å². The Bertz CT molecular complexity index is 579. The van der Waals surface area contributed by atoms with E-state index in [1.165, 1.54) is 0 Å². The molecule has 0 aromatic heterocycles. The summed E-state index contributed by atoms with van der Waals surface area (Å²) in [6.45, 7) is 2.55. The van der Waals surface area contributed by atoms with Crippen molar-refractivity contribution in [1.82, 2.24) is 0 Å². The third-order valence-corrected chi connectivity index (χ3v) is 3.33. The zero-order valence-electron chi connectivity index (χ0n) is 12.4. The molecule has 0 heterocycles. The first-order chi connectivity index (χ1) is 10.3. The van der Waals surface area contributed by atoms with Gasteiger partial charge in [-0.15, -0.1) is 0 Å². The quantitative estimate of drug-likeness (QED) is 0.730. The van der Waals surface area contributed by atoms with Crippen LogP contribution in [0.1, 0.15) is 19.8 Å². The van der Waals surface area contributed by atoms with E-state index >= 15 is 0 Å². The summed E-state index contributed by atoms with van der Waals surface area (Å²) < 4.78 is 0. The summed E-state index contributed by atoms with van der Waals surface area (Å²) in [4.78, 5) is 14.6. The van der Waals surface area contributed by atoms with E-state index in [1.807, 2.05) is 78.6 Å². The fourth-order valence-corrected chi connectivity index (χ4v) is 2.22. The molecule has 1 aliphatic rings. The van der Waals surface area contributed by atoms with Crippen molar-refractivity contribution in [2.24, 2.45) is 0 Å². The van der Waals surface area contributed by atoms with E-state index in [4.69, 9.17) is 0 Å². The first-order valence-electron chi connectivity index (χ1n) is 7.33. The lowest BCUT2D eigenvalue weighted by Crippen LogP contribution is -2.32. The predicted molar refractivity (Wildman–Crippen MR) is 89.2 cm³/mol. The molecule has 0 atom stereocenters. The standard InChI is InChI=1S/C19H21NO/c1-2-3-4-11-16-20(18-14-9-6-10-15-18)19(21)17-12-7-5-8-13-17/h2-7,9-12,14-15H,8,13,16H2,1H3/b3-2+,11-4+. The van der Waals surface area contributed by atoms with Gasteiger partial charge in [-0.25, -0.2) is 0 Å². The van der Waals surface area contributed by atoms with Gasteiger partial charge in [0, 0.05) is 17.8 Å². The lowest BCUT2D eigenvalue weighted by molar-refractivity contribution is -0.115. The van der Waals surface area contributed by atoms with Crippen LogP contribution < -0.4 is 4.90 Å². The van der Waals surface area contributed by atoms with E-state index in [-0.39, 0.29) is 5.91 Å². The second kappa shape index (κ2) is 8.05. The molecule has 2 nitrogen and oxygen atoms in total. The Morgan fingerprint density at radius 3 is 2.71 bits per heavy atom. The second-order valence-electron chi connectivity index (χ2n) is 4.86. The summed E-state index contributed by atoms with van der Waals surface area (Å²) in [6, 6.07) is 9.83. The Morgan fingerprint density at radius 1 is 1.24 bits per heavy atom. The molecule has 0 spiro atoms. The van der Waals surface area contributed by atoms with Gasteiger partial charge in [-0.1, -0.05) is 60.7 Å². The SMILES string of the molecule is C/C=C/C=C/CN(C(=O)C1=CC=CCC1)c1ccccc1. The molecule has 21 heavy (non-hydrogen) atoms. The first-order valence-corrected chi connectivity index (χ1v) is 7.33. The monoisotopic (exact) mass is 279 g/mol. The van der Waals surface area contributed by atoms with Crippen molar-refractivity contribution in [3.05, 3.63) is 78.4 Å². The number of nitrogens with zero attached hydrogens (tertiary/aromatic N) is 1. The van der Waals surface area contributed by atoms with E-state index < -0.39 is 0 Å². The van der Waals surface area contributed by atoms with Crippen molar-refractivity contribution in [3.8, 4) is 0 Å². The van der Waals surface area contributed by atoms with Gasteiger partial charge in [-0.2, -0.15) is 0 Å². The van der Waals surface area contributed by atoms with Gasteiger partial charge in [0.15, 0.2) is 0 Å². The van der Waals surface area contributed by atoms with Crippen LogP contribution in [0.4, 0.5) is 5.69 Å². The molecular weight excluding hydrogens is 258 g/mol. The van der Waals surface area contributed by atoms with E-state index in [0.29, 0.717) is 6.54 Å². The topological polar surface area (TPSA) is 20.3 Å². The molecule has 1 aliphatic carbocycles. The summed E-state index contributed by atoms with van der Waals surface area (Å²) in [5.41, 5.74) is 1.81. The second-order valence-corrected chi connectivity index (χ2v) is 4.86. The van der Waals surface area contributed by atoms with Crippen LogP contribution in [0.5, 0.6) is 0 Å². The van der Waals surface area contributed by atoms with Gasteiger partial charge in [0.2, 0.25) is 0 Å². The van der Waals surface area contributed by atoms with E-state index in [0.717, 1.165) is 24.1 Å². The van der Waals surface area contributed by atoms with Gasteiger partial charge in [0.05, 0.1) is 0 Å². The largest absolute Gasteiger partial charge is 0.305 e. The normalized spacial score (nSPS) is 14.6. The van der Waals surface area contributed by atoms with Crippen LogP contribution in [-0.2, 0) is 4.79 Å². The smallest absolute Gasteiger partial charge is 0.254 e. The summed E-state index contributed by atoms with van der Waals surface area (Å²) in [7, 11) is 0. The van der Waals surface area contributed by atoms with Crippen molar-refractivity contribution in [3.63, 3.8) is 0 Å². The molecule has 0 fully saturated rings. The fraction of sp³-hybridized carbons (Fsp3) is 0.211. The molecule has 2 heteroatoms. The molecule has 0 bridgehead atoms. The maximum atomic E-state index is 12.7. The highest BCUT2D eigenvalue weighted by Gasteiger charge is 2.18. The summed E-state index contributed by atoms with van der Waals surface area (Å²) in [5, 5.41) is 0. The van der Waals surface area contributed by atoms with Crippen LogP contribution in [0.25, 0.3) is 0 Å². The van der Waals surface area contributed by atoms with Gasteiger partial charge >= 0.3 is 0 Å². The first kappa shape index (κ1) is 15.0. The van der Waals surface area contributed by atoms with Gasteiger partial charge in [0.1, 0.15) is 0 Å². The molecule has 0 saturated carbocycles. The number of para-hydroxylation sites is 1. The van der Waals surface area contributed by atoms with Gasteiger partial charge in [0.25, 0.3) is 5.91 Å². The molecule has 1 aromatic rings. The van der Waals surface area contributed by atoms with Crippen molar-refractivity contribution >= 4 is 11.6 Å². The summed E-state index contributed by atoms with van der Waals surface area (Å²) in [5.74, 6) is 0.0932. The third kappa shape index (κ3) is 4.32. The highest BCUT2D eigenvalue weighted by atomic mass is 16.2. The molecule has 1 aromatic carbocycles. The molecule has 0 aliphatic heterocycles. The Kier molecular flexibility index (Phi) is 5.77. The number of allylic oxidation sites excluding steroid dienone is 6. The van der Waals surface area contributed by atoms with Crippen LogP contribution in [0.2, 0.25) is 0 Å². The van der Waals surface area contributed by atoms with Crippen molar-refractivity contribution < 1.29 is 4.79 Å². The molecule has 0 saturated heterocycles. The Labute approximate surface area is 126 Å². The zero-order valence-corrected chi connectivity index (χ0v) is 12.4. The van der Waals surface area contributed by atoms with Crippen molar-refractivity contribution in [1.29, 1.82) is 0 Å². The molecular formula is C19H21NO. The van der Waals surface area contributed by atoms with Gasteiger partial charge < -0.3 is 4.90 Å². The molecule has 108 valence electrons. The van der Waals surface area contributed by atoms with E-state index in [2.05, 4.69) is 6.08 Å². The predicted octanol–water partition coefficient (Wildman–Crippen LogP) is 4.43. The van der Waals surface area contributed by atoms with Gasteiger partial charge in [-0.05, 0) is 31.9 Å². The Hall–Kier alpha value is -2.35. The zero-order chi connectivity index (χ0) is 14.9. The van der Waals surface area contributed by atoms with Crippen LogP contribution in [0.15, 0.2) is 78.4 Å². The fourth-order valence-electron chi connectivity index (χ4n) is 2.22. The van der Waals surface area contributed by atoms with E-state index in [9.17, 15) is 4.79 Å². The highest BCUT2D eigenvalue weighted by Crippen LogP contribution is 2.20. The molecule has 2 rings (SSSR count). The summed E-state index contributed by atoms with van der Waals surface area (Å²) >= 11 is 0. The number of hydrogen-bond acceptors (Lipinski definition) is 1. The molecule has 0 radical (unpaired) electrons. The van der Waals surface area contributed by atoms with Crippen molar-refractivity contribution in [2.45, 2.75) is 19.8 Å². The lowest BCUT2D eigenvalue weighted by atomic mass is 10.0. The molecule has 0 unspecified atom stereocenters. The Morgan fingerprint density at radius 2 is 2.05 bits per heavy atom. The Balaban J connectivity index is 2.21. The third-order valence-electron chi connectivity index (χ3n) is 3.33. The number of carbonyl (C=O) groups is 1. The molecule has 1 amide bonds. The number of hydrogen-bond donors (Lipinski definition) is 0. The maximum absolute atomic E-state index is 12.7. The van der Waals surface area contributed by atoms with Crippen LogP contribution >= 0.6 is 0 Å². The average Bonchev–Trinajstić information content (AvgIpc) is 2.56. The number of benzene rings is 1. The van der Waals surface area contributed by atoms with Crippen LogP contribution in [0, 0.1) is 0 Å². The van der Waals surface area contributed by atoms with E-state index in [1.54, 1.807) is 0 Å². The number of rotatable bonds is 5. The van der Waals surface area contributed by atoms with Crippen LogP contribution in [0.3, 0.4) is 0 Å². The summed E-state index contributed by atoms with van der Waals surface area (Å²) in [6.07, 6.45) is 15.7. The number of anilines is 1. The number of carbonyl (C=O) groups excluding carboxylic acids is 1. The molecule has 0 N–H and O–H groups in total. The minimum Gasteiger partial charge on any atom is -0.305 e. The number of amides is 1. The minimum absolute atomic E-state index is 0.0932. The highest BCUT2D eigenvalue weighted by molar-refractivity contribution is 6.06. The maximum Gasteiger partial charge on any atom is 0.254 e. The van der Waals surface area contributed by atoms with Gasteiger partial charge in [-0.3, -0.25) is 4.79 Å².